The fraction of sp³-hybridized carbons (Fsp3) is 0.400. The van der Waals surface area contributed by atoms with Gasteiger partial charge in [0, 0.05) is 17.7 Å². The van der Waals surface area contributed by atoms with Crippen molar-refractivity contribution in [2.75, 3.05) is 27.9 Å². The van der Waals surface area contributed by atoms with Gasteiger partial charge in [-0.3, -0.25) is 0 Å². The zero-order valence-corrected chi connectivity index (χ0v) is 17.7. The Morgan fingerprint density at radius 2 is 1.81 bits per heavy atom. The predicted molar refractivity (Wildman–Crippen MR) is 110 cm³/mol. The molecular formula is C20H25BrClNO3. The van der Waals surface area contributed by atoms with Gasteiger partial charge in [-0.25, -0.2) is 0 Å². The van der Waals surface area contributed by atoms with E-state index in [1.165, 1.54) is 16.7 Å². The molecule has 1 heterocycles. The van der Waals surface area contributed by atoms with Crippen LogP contribution in [0.25, 0.3) is 0 Å². The average molecular weight is 443 g/mol. The van der Waals surface area contributed by atoms with Crippen molar-refractivity contribution in [3.63, 3.8) is 0 Å². The topological polar surface area (TPSA) is 39.7 Å². The molecule has 1 unspecified atom stereocenters. The van der Waals surface area contributed by atoms with Gasteiger partial charge in [0.15, 0.2) is 0 Å². The molecule has 1 aliphatic rings. The summed E-state index contributed by atoms with van der Waals surface area (Å²) in [5, 5.41) is 3.64. The number of rotatable bonds is 6. The van der Waals surface area contributed by atoms with Crippen LogP contribution in [0.15, 0.2) is 34.8 Å². The van der Waals surface area contributed by atoms with E-state index in [4.69, 9.17) is 14.2 Å². The number of halogens is 2. The molecule has 2 aromatic rings. The van der Waals surface area contributed by atoms with Crippen LogP contribution in [-0.4, -0.2) is 27.9 Å². The molecular weight excluding hydrogens is 418 g/mol. The minimum atomic E-state index is 0. The molecule has 0 amide bonds. The van der Waals surface area contributed by atoms with Gasteiger partial charge >= 0.3 is 0 Å². The standard InChI is InChI=1S/C20H24BrNO3.ClH/c1-23-15-11-14-8-9-22-17(20(14)19(12-15)25-3)6-4-13-5-7-18(24-2)16(21)10-13;/h5,7,10-12,17,22H,4,6,8-9H2,1-3H3;1H. The minimum Gasteiger partial charge on any atom is -0.497 e. The Morgan fingerprint density at radius 1 is 1.04 bits per heavy atom. The van der Waals surface area contributed by atoms with Gasteiger partial charge in [-0.15, -0.1) is 12.4 Å². The summed E-state index contributed by atoms with van der Waals surface area (Å²) in [5.74, 6) is 2.62. The van der Waals surface area contributed by atoms with Crippen LogP contribution in [0.2, 0.25) is 0 Å². The summed E-state index contributed by atoms with van der Waals surface area (Å²) in [4.78, 5) is 0. The lowest BCUT2D eigenvalue weighted by molar-refractivity contribution is 0.373. The molecule has 0 fully saturated rings. The lowest BCUT2D eigenvalue weighted by Gasteiger charge is -2.29. The molecule has 1 atom stereocenters. The second-order valence-electron chi connectivity index (χ2n) is 6.17. The highest BCUT2D eigenvalue weighted by Gasteiger charge is 2.24. The summed E-state index contributed by atoms with van der Waals surface area (Å²) in [5.41, 5.74) is 3.87. The van der Waals surface area contributed by atoms with E-state index >= 15 is 0 Å². The van der Waals surface area contributed by atoms with Crippen molar-refractivity contribution < 1.29 is 14.2 Å². The van der Waals surface area contributed by atoms with Crippen LogP contribution in [0.4, 0.5) is 0 Å². The Bertz CT molecular complexity index is 737. The largest absolute Gasteiger partial charge is 0.497 e. The summed E-state index contributed by atoms with van der Waals surface area (Å²) in [7, 11) is 5.10. The van der Waals surface area contributed by atoms with E-state index in [2.05, 4.69) is 39.4 Å². The van der Waals surface area contributed by atoms with Crippen LogP contribution in [0.3, 0.4) is 0 Å². The number of ether oxygens (including phenoxy) is 3. The average Bonchev–Trinajstić information content (AvgIpc) is 2.65. The maximum atomic E-state index is 5.64. The molecule has 4 nitrogen and oxygen atoms in total. The Hall–Kier alpha value is -1.43. The van der Waals surface area contributed by atoms with Gasteiger partial charge in [-0.05, 0) is 71.1 Å². The molecule has 0 aromatic heterocycles. The molecule has 0 aliphatic carbocycles. The Labute approximate surface area is 169 Å². The number of nitrogens with one attached hydrogen (secondary N) is 1. The molecule has 0 spiro atoms. The van der Waals surface area contributed by atoms with E-state index < -0.39 is 0 Å². The Morgan fingerprint density at radius 3 is 2.46 bits per heavy atom. The second-order valence-corrected chi connectivity index (χ2v) is 7.02. The highest BCUT2D eigenvalue weighted by atomic mass is 79.9. The molecule has 3 rings (SSSR count). The van der Waals surface area contributed by atoms with E-state index in [0.717, 1.165) is 47.5 Å². The third-order valence-electron chi connectivity index (χ3n) is 4.73. The maximum absolute atomic E-state index is 5.64. The number of aryl methyl sites for hydroxylation is 1. The SMILES string of the molecule is COc1cc2c(c(OC)c1)C(CCc1ccc(OC)c(Br)c1)NCC2.Cl. The first-order valence-electron chi connectivity index (χ1n) is 8.47. The van der Waals surface area contributed by atoms with Crippen LogP contribution >= 0.6 is 28.3 Å². The van der Waals surface area contributed by atoms with Crippen LogP contribution in [0.1, 0.15) is 29.2 Å². The number of methoxy groups -OCH3 is 3. The van der Waals surface area contributed by atoms with Gasteiger partial charge in [-0.1, -0.05) is 6.07 Å². The van der Waals surface area contributed by atoms with Crippen molar-refractivity contribution in [1.29, 1.82) is 0 Å². The lowest BCUT2D eigenvalue weighted by atomic mass is 9.89. The zero-order chi connectivity index (χ0) is 17.8. The zero-order valence-electron chi connectivity index (χ0n) is 15.3. The second kappa shape index (κ2) is 9.49. The molecule has 0 saturated carbocycles. The fourth-order valence-corrected chi connectivity index (χ4v) is 4.04. The molecule has 0 saturated heterocycles. The van der Waals surface area contributed by atoms with Gasteiger partial charge in [-0.2, -0.15) is 0 Å². The fourth-order valence-electron chi connectivity index (χ4n) is 3.45. The molecule has 0 bridgehead atoms. The van der Waals surface area contributed by atoms with Gasteiger partial charge in [0.2, 0.25) is 0 Å². The number of fused-ring (bicyclic) bond motifs is 1. The van der Waals surface area contributed by atoms with E-state index in [1.54, 1.807) is 21.3 Å². The Balaban J connectivity index is 0.00000243. The molecule has 0 radical (unpaired) electrons. The van der Waals surface area contributed by atoms with Gasteiger partial charge in [0.1, 0.15) is 17.2 Å². The first kappa shape index (κ1) is 20.9. The monoisotopic (exact) mass is 441 g/mol. The van der Waals surface area contributed by atoms with Gasteiger partial charge in [0.25, 0.3) is 0 Å². The smallest absolute Gasteiger partial charge is 0.133 e. The van der Waals surface area contributed by atoms with E-state index in [9.17, 15) is 0 Å². The number of benzene rings is 2. The molecule has 1 aliphatic heterocycles. The van der Waals surface area contributed by atoms with Crippen LogP contribution in [0, 0.1) is 0 Å². The normalized spacial score (nSPS) is 15.6. The van der Waals surface area contributed by atoms with Crippen molar-refractivity contribution in [1.82, 2.24) is 5.32 Å². The quantitative estimate of drug-likeness (QED) is 0.703. The maximum Gasteiger partial charge on any atom is 0.133 e. The first-order valence-corrected chi connectivity index (χ1v) is 9.26. The lowest BCUT2D eigenvalue weighted by Crippen LogP contribution is -2.30. The summed E-state index contributed by atoms with van der Waals surface area (Å²) >= 11 is 3.56. The van der Waals surface area contributed by atoms with E-state index in [1.807, 2.05) is 12.1 Å². The van der Waals surface area contributed by atoms with Crippen LogP contribution in [0.5, 0.6) is 17.2 Å². The number of hydrogen-bond acceptors (Lipinski definition) is 4. The summed E-state index contributed by atoms with van der Waals surface area (Å²) in [6.45, 7) is 0.973. The van der Waals surface area contributed by atoms with E-state index in [-0.39, 0.29) is 18.4 Å². The van der Waals surface area contributed by atoms with Gasteiger partial charge < -0.3 is 19.5 Å². The van der Waals surface area contributed by atoms with Crippen molar-refractivity contribution in [2.24, 2.45) is 0 Å². The summed E-state index contributed by atoms with van der Waals surface area (Å²) in [6.07, 6.45) is 2.98. The molecule has 2 aromatic carbocycles. The van der Waals surface area contributed by atoms with Crippen LogP contribution in [-0.2, 0) is 12.8 Å². The third kappa shape index (κ3) is 4.45. The first-order chi connectivity index (χ1) is 12.2. The molecule has 142 valence electrons. The highest BCUT2D eigenvalue weighted by molar-refractivity contribution is 9.10. The van der Waals surface area contributed by atoms with Crippen molar-refractivity contribution in [2.45, 2.75) is 25.3 Å². The Kier molecular flexibility index (Phi) is 7.62. The molecule has 1 N–H and O–H groups in total. The summed E-state index contributed by atoms with van der Waals surface area (Å²) < 4.78 is 17.3. The third-order valence-corrected chi connectivity index (χ3v) is 5.35. The predicted octanol–water partition coefficient (Wildman–Crippen LogP) is 4.72. The van der Waals surface area contributed by atoms with E-state index in [0.29, 0.717) is 0 Å². The number of hydrogen-bond donors (Lipinski definition) is 1. The molecule has 26 heavy (non-hydrogen) atoms. The van der Waals surface area contributed by atoms with Crippen molar-refractivity contribution in [3.8, 4) is 17.2 Å². The summed E-state index contributed by atoms with van der Waals surface area (Å²) in [6, 6.07) is 10.7. The highest BCUT2D eigenvalue weighted by Crippen LogP contribution is 2.38. The van der Waals surface area contributed by atoms with Gasteiger partial charge in [0.05, 0.1) is 25.8 Å². The van der Waals surface area contributed by atoms with Crippen molar-refractivity contribution >= 4 is 28.3 Å². The molecule has 6 heteroatoms. The van der Waals surface area contributed by atoms with Crippen LogP contribution < -0.4 is 19.5 Å². The van der Waals surface area contributed by atoms with Crippen molar-refractivity contribution in [3.05, 3.63) is 51.5 Å². The minimum absolute atomic E-state index is 0.